The third kappa shape index (κ3) is 7.26. The number of unbranched alkanes of at least 4 members (excludes halogenated alkanes) is 1. The van der Waals surface area contributed by atoms with Gasteiger partial charge < -0.3 is 0 Å². The Bertz CT molecular complexity index is 123. The summed E-state index contributed by atoms with van der Waals surface area (Å²) in [5.41, 5.74) is 3.99. The molecule has 0 saturated carbocycles. The quantitative estimate of drug-likeness (QED) is 0.305. The van der Waals surface area contributed by atoms with Crippen LogP contribution >= 0.6 is 0 Å². The fourth-order valence-corrected chi connectivity index (χ4v) is 0.608. The summed E-state index contributed by atoms with van der Waals surface area (Å²) in [6.45, 7) is 9.33. The van der Waals surface area contributed by atoms with E-state index in [2.05, 4.69) is 25.8 Å². The van der Waals surface area contributed by atoms with Gasteiger partial charge in [0, 0.05) is 0 Å². The molecule has 0 heterocycles. The van der Waals surface area contributed by atoms with Gasteiger partial charge in [0.1, 0.15) is 0 Å². The van der Waals surface area contributed by atoms with Gasteiger partial charge in [0.2, 0.25) is 0 Å². The van der Waals surface area contributed by atoms with E-state index in [4.69, 9.17) is 0 Å². The Hall–Kier alpha value is -0.740. The van der Waals surface area contributed by atoms with Crippen molar-refractivity contribution in [3.8, 4) is 0 Å². The zero-order valence-electron chi connectivity index (χ0n) is 6.11. The Morgan fingerprint density at radius 2 is 2.33 bits per heavy atom. The summed E-state index contributed by atoms with van der Waals surface area (Å²) in [6.07, 6.45) is 5.34. The van der Waals surface area contributed by atoms with Crippen molar-refractivity contribution in [1.29, 1.82) is 0 Å². The summed E-state index contributed by atoms with van der Waals surface area (Å²) in [4.78, 5) is 0. The van der Waals surface area contributed by atoms with E-state index in [-0.39, 0.29) is 0 Å². The van der Waals surface area contributed by atoms with Gasteiger partial charge in [-0.3, -0.25) is 0 Å². The van der Waals surface area contributed by atoms with Gasteiger partial charge in [-0.2, -0.15) is 0 Å². The highest BCUT2D eigenvalue weighted by molar-refractivity contribution is 4.88. The van der Waals surface area contributed by atoms with Gasteiger partial charge in [-0.15, -0.1) is 12.3 Å². The molecule has 0 amide bonds. The van der Waals surface area contributed by atoms with Crippen LogP contribution in [0, 0.1) is 0 Å². The van der Waals surface area contributed by atoms with Crippen molar-refractivity contribution in [3.63, 3.8) is 0 Å². The van der Waals surface area contributed by atoms with Gasteiger partial charge >= 0.3 is 0 Å². The summed E-state index contributed by atoms with van der Waals surface area (Å²) in [5, 5.41) is 0. The molecule has 0 atom stereocenters. The van der Waals surface area contributed by atoms with Crippen molar-refractivity contribution in [1.82, 2.24) is 0 Å². The fraction of sp³-hybridized carbons (Fsp3) is 0.444. The lowest BCUT2D eigenvalue weighted by Gasteiger charge is -1.92. The van der Waals surface area contributed by atoms with Crippen LogP contribution in [0.3, 0.4) is 0 Å². The molecule has 0 spiro atoms. The average Bonchev–Trinajstić information content (AvgIpc) is 1.80. The third-order valence-corrected chi connectivity index (χ3v) is 1.10. The monoisotopic (exact) mass is 122 g/mol. The largest absolute Gasteiger partial charge is 0.133 e. The first-order chi connectivity index (χ1) is 4.27. The van der Waals surface area contributed by atoms with Gasteiger partial charge in [-0.1, -0.05) is 12.2 Å². The second kappa shape index (κ2) is 5.40. The topological polar surface area (TPSA) is 0 Å². The smallest absolute Gasteiger partial charge is 0.0272 e. The van der Waals surface area contributed by atoms with Crippen LogP contribution in [-0.4, -0.2) is 0 Å². The molecule has 0 bridgehead atoms. The van der Waals surface area contributed by atoms with Crippen molar-refractivity contribution in [3.05, 3.63) is 30.5 Å². The first kappa shape index (κ1) is 8.26. The molecule has 0 saturated heterocycles. The van der Waals surface area contributed by atoms with Crippen LogP contribution in [0.25, 0.3) is 0 Å². The fourth-order valence-electron chi connectivity index (χ4n) is 0.608. The van der Waals surface area contributed by atoms with Crippen molar-refractivity contribution < 1.29 is 0 Å². The minimum atomic E-state index is 1.08. The first-order valence-corrected chi connectivity index (χ1v) is 3.26. The predicted molar refractivity (Wildman–Crippen MR) is 42.4 cm³/mol. The molecule has 0 aromatic rings. The maximum absolute atomic E-state index is 3.80. The molecule has 0 N–H and O–H groups in total. The Balaban J connectivity index is 3.10. The Kier molecular flexibility index (Phi) is 4.95. The number of allylic oxidation sites excluding steroid dienone is 2. The third-order valence-electron chi connectivity index (χ3n) is 1.10. The van der Waals surface area contributed by atoms with Gasteiger partial charge in [0.05, 0.1) is 0 Å². The van der Waals surface area contributed by atoms with E-state index in [0.29, 0.717) is 0 Å². The molecule has 50 valence electrons. The summed E-state index contributed by atoms with van der Waals surface area (Å²) >= 11 is 0. The minimum absolute atomic E-state index is 1.08. The Labute approximate surface area is 57.6 Å². The molecule has 0 aromatic heterocycles. The van der Waals surface area contributed by atoms with Gasteiger partial charge in [0.15, 0.2) is 0 Å². The van der Waals surface area contributed by atoms with Crippen LogP contribution in [0.15, 0.2) is 30.5 Å². The zero-order valence-corrected chi connectivity index (χ0v) is 6.11. The lowest BCUT2D eigenvalue weighted by atomic mass is 10.1. The van der Waals surface area contributed by atoms with Crippen LogP contribution in [0.5, 0.6) is 0 Å². The van der Waals surface area contributed by atoms with Crippen molar-refractivity contribution in [2.75, 3.05) is 0 Å². The maximum atomic E-state index is 3.80. The van der Waals surface area contributed by atoms with E-state index >= 15 is 0 Å². The number of hydrogen-bond donors (Lipinski definition) is 0. The normalized spacial score (nSPS) is 8.11. The van der Waals surface area contributed by atoms with Gasteiger partial charge in [-0.05, 0) is 32.3 Å². The molecule has 0 heteroatoms. The predicted octanol–water partition coefficient (Wildman–Crippen LogP) is 3.07. The van der Waals surface area contributed by atoms with Crippen LogP contribution < -0.4 is 0 Å². The lowest BCUT2D eigenvalue weighted by Crippen LogP contribution is -1.72. The van der Waals surface area contributed by atoms with Crippen molar-refractivity contribution in [2.24, 2.45) is 0 Å². The van der Waals surface area contributed by atoms with E-state index in [1.807, 2.05) is 6.08 Å². The van der Waals surface area contributed by atoms with Crippen molar-refractivity contribution >= 4 is 0 Å². The molecule has 0 aliphatic carbocycles. The lowest BCUT2D eigenvalue weighted by molar-refractivity contribution is 0.836. The highest BCUT2D eigenvalue weighted by Gasteiger charge is 1.83. The molecule has 9 heavy (non-hydrogen) atoms. The second-order valence-electron chi connectivity index (χ2n) is 2.26. The highest BCUT2D eigenvalue weighted by atomic mass is 13.9. The van der Waals surface area contributed by atoms with Crippen LogP contribution in [0.4, 0.5) is 0 Å². The van der Waals surface area contributed by atoms with E-state index in [0.717, 1.165) is 12.8 Å². The first-order valence-electron chi connectivity index (χ1n) is 3.26. The molecular formula is C9H14. The van der Waals surface area contributed by atoms with Gasteiger partial charge in [0.25, 0.3) is 0 Å². The van der Waals surface area contributed by atoms with Crippen molar-refractivity contribution in [2.45, 2.75) is 26.2 Å². The summed E-state index contributed by atoms with van der Waals surface area (Å²) in [6, 6.07) is 0. The standard InChI is InChI=1S/C9H14/c1-4-5-6-7-8-9(2)3/h5H,1-2,6-8H2,3H3. The highest BCUT2D eigenvalue weighted by Crippen LogP contribution is 2.03. The second-order valence-corrected chi connectivity index (χ2v) is 2.26. The van der Waals surface area contributed by atoms with Crippen LogP contribution in [0.1, 0.15) is 26.2 Å². The Morgan fingerprint density at radius 1 is 1.67 bits per heavy atom. The molecule has 0 radical (unpaired) electrons. The molecule has 0 rings (SSSR count). The molecule has 0 fully saturated rings. The van der Waals surface area contributed by atoms with E-state index in [1.54, 1.807) is 0 Å². The zero-order chi connectivity index (χ0) is 7.11. The molecule has 0 nitrogen and oxygen atoms in total. The average molecular weight is 122 g/mol. The molecule has 0 aromatic carbocycles. The van der Waals surface area contributed by atoms with Gasteiger partial charge in [-0.25, -0.2) is 0 Å². The molecule has 0 unspecified atom stereocenters. The van der Waals surface area contributed by atoms with Crippen LogP contribution in [-0.2, 0) is 0 Å². The number of rotatable bonds is 4. The molecule has 0 aliphatic rings. The van der Waals surface area contributed by atoms with E-state index < -0.39 is 0 Å². The molecule has 0 aliphatic heterocycles. The van der Waals surface area contributed by atoms with E-state index in [9.17, 15) is 0 Å². The summed E-state index contributed by atoms with van der Waals surface area (Å²) in [5.74, 6) is 0. The Morgan fingerprint density at radius 3 is 2.78 bits per heavy atom. The summed E-state index contributed by atoms with van der Waals surface area (Å²) < 4.78 is 0. The minimum Gasteiger partial charge on any atom is -0.133 e. The number of hydrogen-bond acceptors (Lipinski definition) is 0. The SMILES string of the molecule is C=C=CCCCC(=C)C. The maximum Gasteiger partial charge on any atom is -0.0272 e. The van der Waals surface area contributed by atoms with E-state index in [1.165, 1.54) is 12.0 Å². The summed E-state index contributed by atoms with van der Waals surface area (Å²) in [7, 11) is 0. The van der Waals surface area contributed by atoms with Crippen LogP contribution in [0.2, 0.25) is 0 Å². The molecular weight excluding hydrogens is 108 g/mol.